The molecule has 0 aromatic heterocycles. The normalized spacial score (nSPS) is 11.5. The number of rotatable bonds is 11. The Morgan fingerprint density at radius 2 is 0.885 bits per heavy atom. The molecule has 0 bridgehead atoms. The monoisotopic (exact) mass is 352 g/mol. The molecule has 2 heteroatoms. The van der Waals surface area contributed by atoms with Crippen molar-refractivity contribution in [3.05, 3.63) is 59.7 Å². The summed E-state index contributed by atoms with van der Waals surface area (Å²) < 4.78 is 0. The third-order valence-corrected chi connectivity index (χ3v) is 5.03. The zero-order chi connectivity index (χ0) is 18.8. The molecular formula is C24H36N2. The van der Waals surface area contributed by atoms with E-state index in [4.69, 9.17) is 0 Å². The van der Waals surface area contributed by atoms with Crippen molar-refractivity contribution in [2.24, 2.45) is 0 Å². The van der Waals surface area contributed by atoms with Crippen molar-refractivity contribution in [1.82, 2.24) is 9.80 Å². The van der Waals surface area contributed by atoms with Gasteiger partial charge in [-0.2, -0.15) is 0 Å². The van der Waals surface area contributed by atoms with Crippen LogP contribution in [-0.4, -0.2) is 36.0 Å². The zero-order valence-electron chi connectivity index (χ0n) is 17.2. The van der Waals surface area contributed by atoms with Crippen LogP contribution in [0.5, 0.6) is 0 Å². The minimum absolute atomic E-state index is 1.05. The Kier molecular flexibility index (Phi) is 8.87. The fraction of sp³-hybridized carbons (Fsp3) is 0.500. The molecular weight excluding hydrogens is 316 g/mol. The molecule has 2 aromatic rings. The summed E-state index contributed by atoms with van der Waals surface area (Å²) in [6.07, 6.45) is 2.43. The van der Waals surface area contributed by atoms with Crippen LogP contribution in [0.1, 0.15) is 51.7 Å². The summed E-state index contributed by atoms with van der Waals surface area (Å²) in [5, 5.41) is 0. The standard InChI is InChI=1S/C24H36N2/c1-5-17-25(7-3)19-21-9-13-23(14-10-21)24-15-11-22(12-16-24)20-26(8-4)18-6-2/h9-16H,5-8,17-20H2,1-4H3. The number of benzene rings is 2. The van der Waals surface area contributed by atoms with E-state index >= 15 is 0 Å². The van der Waals surface area contributed by atoms with Gasteiger partial charge in [0.1, 0.15) is 0 Å². The predicted molar refractivity (Wildman–Crippen MR) is 114 cm³/mol. The van der Waals surface area contributed by atoms with E-state index < -0.39 is 0 Å². The zero-order valence-corrected chi connectivity index (χ0v) is 17.2. The van der Waals surface area contributed by atoms with E-state index in [2.05, 4.69) is 86.0 Å². The quantitative estimate of drug-likeness (QED) is 0.503. The lowest BCUT2D eigenvalue weighted by Gasteiger charge is -2.20. The van der Waals surface area contributed by atoms with Crippen molar-refractivity contribution in [3.63, 3.8) is 0 Å². The maximum absolute atomic E-state index is 2.50. The van der Waals surface area contributed by atoms with Crippen LogP contribution in [0.4, 0.5) is 0 Å². The molecule has 0 radical (unpaired) electrons. The molecule has 0 N–H and O–H groups in total. The van der Waals surface area contributed by atoms with Crippen LogP contribution >= 0.6 is 0 Å². The molecule has 142 valence electrons. The fourth-order valence-electron chi connectivity index (χ4n) is 3.45. The lowest BCUT2D eigenvalue weighted by atomic mass is 10.0. The van der Waals surface area contributed by atoms with Gasteiger partial charge in [-0.1, -0.05) is 76.2 Å². The molecule has 0 aliphatic carbocycles. The first-order chi connectivity index (χ1) is 12.7. The highest BCUT2D eigenvalue weighted by Gasteiger charge is 2.05. The number of nitrogens with zero attached hydrogens (tertiary/aromatic N) is 2. The van der Waals surface area contributed by atoms with Gasteiger partial charge in [0.15, 0.2) is 0 Å². The highest BCUT2D eigenvalue weighted by Crippen LogP contribution is 2.21. The minimum Gasteiger partial charge on any atom is -0.299 e. The Balaban J connectivity index is 2.00. The molecule has 0 saturated carbocycles. The molecule has 26 heavy (non-hydrogen) atoms. The summed E-state index contributed by atoms with van der Waals surface area (Å²) in [7, 11) is 0. The summed E-state index contributed by atoms with van der Waals surface area (Å²) in [5.41, 5.74) is 5.41. The Morgan fingerprint density at radius 3 is 1.15 bits per heavy atom. The van der Waals surface area contributed by atoms with E-state index in [0.29, 0.717) is 0 Å². The summed E-state index contributed by atoms with van der Waals surface area (Å²) in [6.45, 7) is 15.7. The van der Waals surface area contributed by atoms with Gasteiger partial charge >= 0.3 is 0 Å². The van der Waals surface area contributed by atoms with Crippen LogP contribution in [0.15, 0.2) is 48.5 Å². The summed E-state index contributed by atoms with van der Waals surface area (Å²) in [4.78, 5) is 5.00. The van der Waals surface area contributed by atoms with Crippen molar-refractivity contribution in [3.8, 4) is 11.1 Å². The Labute approximate surface area is 160 Å². The smallest absolute Gasteiger partial charge is 0.0233 e. The molecule has 0 aliphatic rings. The molecule has 0 amide bonds. The van der Waals surface area contributed by atoms with Gasteiger partial charge in [0.2, 0.25) is 0 Å². The average molecular weight is 353 g/mol. The van der Waals surface area contributed by atoms with E-state index in [1.807, 2.05) is 0 Å². The molecule has 2 nitrogen and oxygen atoms in total. The van der Waals surface area contributed by atoms with E-state index in [1.165, 1.54) is 48.2 Å². The molecule has 0 saturated heterocycles. The second kappa shape index (κ2) is 11.2. The van der Waals surface area contributed by atoms with Gasteiger partial charge < -0.3 is 0 Å². The molecule has 0 atom stereocenters. The van der Waals surface area contributed by atoms with Crippen LogP contribution in [0.2, 0.25) is 0 Å². The van der Waals surface area contributed by atoms with Crippen LogP contribution in [-0.2, 0) is 13.1 Å². The first-order valence-corrected chi connectivity index (χ1v) is 10.3. The molecule has 0 heterocycles. The van der Waals surface area contributed by atoms with Crippen LogP contribution < -0.4 is 0 Å². The largest absolute Gasteiger partial charge is 0.299 e. The molecule has 0 aliphatic heterocycles. The van der Waals surface area contributed by atoms with Gasteiger partial charge in [-0.3, -0.25) is 9.80 Å². The Bertz CT molecular complexity index is 558. The van der Waals surface area contributed by atoms with Gasteiger partial charge in [0, 0.05) is 13.1 Å². The minimum atomic E-state index is 1.05. The van der Waals surface area contributed by atoms with Gasteiger partial charge in [-0.15, -0.1) is 0 Å². The Morgan fingerprint density at radius 1 is 0.538 bits per heavy atom. The van der Waals surface area contributed by atoms with Gasteiger partial charge in [0.05, 0.1) is 0 Å². The highest BCUT2D eigenvalue weighted by atomic mass is 15.1. The van der Waals surface area contributed by atoms with Crippen molar-refractivity contribution >= 4 is 0 Å². The first-order valence-electron chi connectivity index (χ1n) is 10.3. The van der Waals surface area contributed by atoms with E-state index in [9.17, 15) is 0 Å². The number of hydrogen-bond donors (Lipinski definition) is 0. The third-order valence-electron chi connectivity index (χ3n) is 5.03. The fourth-order valence-corrected chi connectivity index (χ4v) is 3.45. The van der Waals surface area contributed by atoms with E-state index in [-0.39, 0.29) is 0 Å². The van der Waals surface area contributed by atoms with Crippen molar-refractivity contribution in [2.45, 2.75) is 53.6 Å². The number of hydrogen-bond acceptors (Lipinski definition) is 2. The van der Waals surface area contributed by atoms with Crippen LogP contribution in [0.25, 0.3) is 11.1 Å². The molecule has 2 aromatic carbocycles. The van der Waals surface area contributed by atoms with Crippen molar-refractivity contribution in [1.29, 1.82) is 0 Å². The predicted octanol–water partition coefficient (Wildman–Crippen LogP) is 5.82. The third kappa shape index (κ3) is 6.26. The van der Waals surface area contributed by atoms with Crippen molar-refractivity contribution in [2.75, 3.05) is 26.2 Å². The molecule has 0 fully saturated rings. The highest BCUT2D eigenvalue weighted by molar-refractivity contribution is 5.63. The average Bonchev–Trinajstić information content (AvgIpc) is 2.68. The molecule has 2 rings (SSSR count). The lowest BCUT2D eigenvalue weighted by Crippen LogP contribution is -2.23. The van der Waals surface area contributed by atoms with Gasteiger partial charge in [-0.05, 0) is 61.3 Å². The summed E-state index contributed by atoms with van der Waals surface area (Å²) >= 11 is 0. The summed E-state index contributed by atoms with van der Waals surface area (Å²) in [6, 6.07) is 18.2. The first kappa shape index (κ1) is 20.7. The van der Waals surface area contributed by atoms with E-state index in [1.54, 1.807) is 0 Å². The Hall–Kier alpha value is -1.64. The maximum atomic E-state index is 2.50. The second-order valence-corrected chi connectivity index (χ2v) is 7.13. The lowest BCUT2D eigenvalue weighted by molar-refractivity contribution is 0.280. The van der Waals surface area contributed by atoms with Gasteiger partial charge in [0.25, 0.3) is 0 Å². The van der Waals surface area contributed by atoms with E-state index in [0.717, 1.165) is 26.2 Å². The van der Waals surface area contributed by atoms with Gasteiger partial charge in [-0.25, -0.2) is 0 Å². The maximum Gasteiger partial charge on any atom is 0.0233 e. The molecule has 0 unspecified atom stereocenters. The van der Waals surface area contributed by atoms with Crippen LogP contribution in [0.3, 0.4) is 0 Å². The topological polar surface area (TPSA) is 6.48 Å². The SMILES string of the molecule is CCCN(CC)Cc1ccc(-c2ccc(CN(CC)CCC)cc2)cc1. The molecule has 0 spiro atoms. The summed E-state index contributed by atoms with van der Waals surface area (Å²) in [5.74, 6) is 0. The second-order valence-electron chi connectivity index (χ2n) is 7.13. The van der Waals surface area contributed by atoms with Crippen molar-refractivity contribution < 1.29 is 0 Å². The van der Waals surface area contributed by atoms with Crippen LogP contribution in [0, 0.1) is 0 Å².